The summed E-state index contributed by atoms with van der Waals surface area (Å²) >= 11 is 7.99. The van der Waals surface area contributed by atoms with E-state index < -0.39 is 5.97 Å². The molecule has 4 nitrogen and oxygen atoms in total. The fourth-order valence-corrected chi connectivity index (χ4v) is 4.02. The Labute approximate surface area is 174 Å². The van der Waals surface area contributed by atoms with Crippen LogP contribution in [0.15, 0.2) is 53.4 Å². The van der Waals surface area contributed by atoms with E-state index in [2.05, 4.69) is 16.5 Å². The number of aliphatic carboxylic acids is 1. The SMILES string of the molecule is CCCCc1ncc(/C(=C/C(=O)O)Cc2ccsc2)n1Cc1ccccc1Cl. The van der Waals surface area contributed by atoms with E-state index in [0.717, 1.165) is 47.5 Å². The zero-order chi connectivity index (χ0) is 19.9. The van der Waals surface area contributed by atoms with E-state index in [0.29, 0.717) is 18.0 Å². The molecule has 0 amide bonds. The van der Waals surface area contributed by atoms with Crippen molar-refractivity contribution >= 4 is 34.5 Å². The van der Waals surface area contributed by atoms with Gasteiger partial charge in [-0.15, -0.1) is 0 Å². The Balaban J connectivity index is 2.03. The molecule has 146 valence electrons. The standard InChI is InChI=1S/C22H23ClN2O2S/c1-2-3-8-21-24-13-20(25(21)14-17-6-4-5-7-19(17)23)18(12-22(26)27)11-16-9-10-28-15-16/h4-7,9-10,12-13,15H,2-3,8,11,14H2,1H3,(H,26,27)/b18-12+. The van der Waals surface area contributed by atoms with E-state index in [9.17, 15) is 9.90 Å². The Kier molecular flexibility index (Phi) is 7.06. The van der Waals surface area contributed by atoms with Crippen molar-refractivity contribution in [3.8, 4) is 0 Å². The summed E-state index contributed by atoms with van der Waals surface area (Å²) in [6.07, 6.45) is 6.59. The van der Waals surface area contributed by atoms with Crippen LogP contribution in [0.2, 0.25) is 5.02 Å². The number of aryl methyl sites for hydroxylation is 1. The van der Waals surface area contributed by atoms with Gasteiger partial charge in [0.15, 0.2) is 0 Å². The summed E-state index contributed by atoms with van der Waals surface area (Å²) in [5, 5.41) is 14.2. The number of carboxylic acids is 1. The van der Waals surface area contributed by atoms with Gasteiger partial charge in [0.05, 0.1) is 18.4 Å². The van der Waals surface area contributed by atoms with Crippen molar-refractivity contribution in [2.45, 2.75) is 39.2 Å². The van der Waals surface area contributed by atoms with E-state index in [1.54, 1.807) is 17.5 Å². The second kappa shape index (κ2) is 9.71. The van der Waals surface area contributed by atoms with Crippen LogP contribution in [0.25, 0.3) is 5.57 Å². The Morgan fingerprint density at radius 3 is 2.82 bits per heavy atom. The van der Waals surface area contributed by atoms with E-state index in [1.165, 1.54) is 6.08 Å². The smallest absolute Gasteiger partial charge is 0.328 e. The second-order valence-electron chi connectivity index (χ2n) is 6.66. The molecule has 2 heterocycles. The van der Waals surface area contributed by atoms with Crippen LogP contribution < -0.4 is 0 Å². The van der Waals surface area contributed by atoms with Gasteiger partial charge in [0, 0.05) is 23.9 Å². The molecule has 0 unspecified atom stereocenters. The molecule has 0 radical (unpaired) electrons. The van der Waals surface area contributed by atoms with Crippen LogP contribution in [-0.4, -0.2) is 20.6 Å². The molecular weight excluding hydrogens is 392 g/mol. The number of aromatic nitrogens is 2. The zero-order valence-electron chi connectivity index (χ0n) is 15.8. The van der Waals surface area contributed by atoms with Gasteiger partial charge < -0.3 is 9.67 Å². The number of halogens is 1. The minimum Gasteiger partial charge on any atom is -0.478 e. The number of hydrogen-bond acceptors (Lipinski definition) is 3. The van der Waals surface area contributed by atoms with Crippen molar-refractivity contribution in [1.82, 2.24) is 9.55 Å². The number of carboxylic acid groups (broad SMARTS) is 1. The molecule has 0 fully saturated rings. The van der Waals surface area contributed by atoms with Gasteiger partial charge in [0.1, 0.15) is 5.82 Å². The molecule has 0 aliphatic heterocycles. The lowest BCUT2D eigenvalue weighted by molar-refractivity contribution is -0.131. The number of imidazole rings is 1. The maximum atomic E-state index is 11.5. The molecule has 0 saturated heterocycles. The summed E-state index contributed by atoms with van der Waals surface area (Å²) in [5.41, 5.74) is 3.66. The third-order valence-corrected chi connectivity index (χ3v) is 5.68. The Morgan fingerprint density at radius 2 is 2.14 bits per heavy atom. The highest BCUT2D eigenvalue weighted by Crippen LogP contribution is 2.26. The number of nitrogens with zero attached hydrogens (tertiary/aromatic N) is 2. The van der Waals surface area contributed by atoms with Gasteiger partial charge in [0.2, 0.25) is 0 Å². The minimum absolute atomic E-state index is 0.553. The Bertz CT molecular complexity index is 961. The molecule has 0 atom stereocenters. The topological polar surface area (TPSA) is 55.1 Å². The van der Waals surface area contributed by atoms with Crippen LogP contribution in [0.5, 0.6) is 0 Å². The summed E-state index contributed by atoms with van der Waals surface area (Å²) in [4.78, 5) is 16.1. The minimum atomic E-state index is -0.953. The largest absolute Gasteiger partial charge is 0.478 e. The first-order valence-electron chi connectivity index (χ1n) is 9.31. The van der Waals surface area contributed by atoms with Crippen molar-refractivity contribution in [3.63, 3.8) is 0 Å². The first-order chi connectivity index (χ1) is 13.6. The van der Waals surface area contributed by atoms with Crippen molar-refractivity contribution in [2.24, 2.45) is 0 Å². The fraction of sp³-hybridized carbons (Fsp3) is 0.273. The predicted octanol–water partition coefficient (Wildman–Crippen LogP) is 5.70. The Hall–Kier alpha value is -2.37. The van der Waals surface area contributed by atoms with Gasteiger partial charge in [-0.2, -0.15) is 11.3 Å². The van der Waals surface area contributed by atoms with Crippen LogP contribution in [0.4, 0.5) is 0 Å². The average Bonchev–Trinajstić information content (AvgIpc) is 3.31. The highest BCUT2D eigenvalue weighted by Gasteiger charge is 2.16. The molecule has 0 aliphatic rings. The van der Waals surface area contributed by atoms with Gasteiger partial charge in [-0.3, -0.25) is 0 Å². The third kappa shape index (κ3) is 5.12. The van der Waals surface area contributed by atoms with Crippen molar-refractivity contribution in [1.29, 1.82) is 0 Å². The van der Waals surface area contributed by atoms with Crippen LogP contribution in [0.1, 0.15) is 42.4 Å². The highest BCUT2D eigenvalue weighted by molar-refractivity contribution is 7.07. The van der Waals surface area contributed by atoms with E-state index in [-0.39, 0.29) is 0 Å². The number of hydrogen-bond donors (Lipinski definition) is 1. The van der Waals surface area contributed by atoms with Crippen LogP contribution >= 0.6 is 22.9 Å². The van der Waals surface area contributed by atoms with Crippen molar-refractivity contribution in [2.75, 3.05) is 0 Å². The molecule has 3 aromatic rings. The molecule has 6 heteroatoms. The van der Waals surface area contributed by atoms with Crippen LogP contribution in [0, 0.1) is 0 Å². The molecule has 2 aromatic heterocycles. The van der Waals surface area contributed by atoms with E-state index >= 15 is 0 Å². The molecule has 0 bridgehead atoms. The number of allylic oxidation sites excluding steroid dienone is 1. The maximum Gasteiger partial charge on any atom is 0.328 e. The lowest BCUT2D eigenvalue weighted by atomic mass is 10.0. The fourth-order valence-electron chi connectivity index (χ4n) is 3.16. The summed E-state index contributed by atoms with van der Waals surface area (Å²) in [5.74, 6) is 0.00390. The lowest BCUT2D eigenvalue weighted by Gasteiger charge is -2.15. The van der Waals surface area contributed by atoms with Crippen molar-refractivity contribution in [3.05, 3.63) is 81.0 Å². The first-order valence-corrected chi connectivity index (χ1v) is 10.6. The van der Waals surface area contributed by atoms with Gasteiger partial charge >= 0.3 is 5.97 Å². The highest BCUT2D eigenvalue weighted by atomic mass is 35.5. The van der Waals surface area contributed by atoms with Crippen molar-refractivity contribution < 1.29 is 9.90 Å². The summed E-state index contributed by atoms with van der Waals surface area (Å²) < 4.78 is 2.11. The quantitative estimate of drug-likeness (QED) is 0.457. The predicted molar refractivity (Wildman–Crippen MR) is 115 cm³/mol. The van der Waals surface area contributed by atoms with E-state index in [4.69, 9.17) is 11.6 Å². The molecule has 0 spiro atoms. The summed E-state index contributed by atoms with van der Waals surface area (Å²) in [6, 6.07) is 9.76. The molecule has 0 saturated carbocycles. The first kappa shape index (κ1) is 20.4. The lowest BCUT2D eigenvalue weighted by Crippen LogP contribution is -2.10. The molecule has 28 heavy (non-hydrogen) atoms. The zero-order valence-corrected chi connectivity index (χ0v) is 17.3. The monoisotopic (exact) mass is 414 g/mol. The maximum absolute atomic E-state index is 11.5. The number of thiophene rings is 1. The molecule has 0 aliphatic carbocycles. The van der Waals surface area contributed by atoms with Crippen LogP contribution in [0.3, 0.4) is 0 Å². The number of benzene rings is 1. The van der Waals surface area contributed by atoms with Gasteiger partial charge in [-0.05, 0) is 46.0 Å². The summed E-state index contributed by atoms with van der Waals surface area (Å²) in [6.45, 7) is 2.71. The number of rotatable bonds is 9. The Morgan fingerprint density at radius 1 is 1.32 bits per heavy atom. The molecular formula is C22H23ClN2O2S. The van der Waals surface area contributed by atoms with Gasteiger partial charge in [0.25, 0.3) is 0 Å². The van der Waals surface area contributed by atoms with Gasteiger partial charge in [-0.1, -0.05) is 43.1 Å². The van der Waals surface area contributed by atoms with Gasteiger partial charge in [-0.25, -0.2) is 9.78 Å². The number of unbranched alkanes of at least 4 members (excludes halogenated alkanes) is 1. The number of carbonyl (C=O) groups is 1. The van der Waals surface area contributed by atoms with E-state index in [1.807, 2.05) is 41.1 Å². The molecule has 3 rings (SSSR count). The average molecular weight is 415 g/mol. The normalized spacial score (nSPS) is 11.7. The second-order valence-corrected chi connectivity index (χ2v) is 7.84. The molecule has 1 aromatic carbocycles. The summed E-state index contributed by atoms with van der Waals surface area (Å²) in [7, 11) is 0. The van der Waals surface area contributed by atoms with Crippen LogP contribution in [-0.2, 0) is 24.2 Å². The third-order valence-electron chi connectivity index (χ3n) is 4.58. The molecule has 1 N–H and O–H groups in total.